The second kappa shape index (κ2) is 19.3. The van der Waals surface area contributed by atoms with Crippen LogP contribution in [-0.2, 0) is 42.7 Å². The summed E-state index contributed by atoms with van der Waals surface area (Å²) in [6.07, 6.45) is 1.92. The molecule has 0 spiro atoms. The zero-order valence-electron chi connectivity index (χ0n) is 44.1. The minimum Gasteiger partial charge on any atom is -0.509 e. The van der Waals surface area contributed by atoms with Gasteiger partial charge in [0.15, 0.2) is 0 Å². The van der Waals surface area contributed by atoms with Gasteiger partial charge in [0, 0.05) is 72.2 Å². The molecule has 0 N–H and O–H groups in total. The third-order valence-electron chi connectivity index (χ3n) is 15.1. The van der Waals surface area contributed by atoms with Gasteiger partial charge in [0.05, 0.1) is 0 Å². The molecule has 0 aliphatic carbocycles. The summed E-state index contributed by atoms with van der Waals surface area (Å²) in [5, 5.41) is 2.22. The molecule has 0 radical (unpaired) electrons. The molecule has 0 fully saturated rings. The van der Waals surface area contributed by atoms with Crippen LogP contribution in [0.5, 0.6) is 11.5 Å². The first-order chi connectivity index (χ1) is 34.9. The van der Waals surface area contributed by atoms with E-state index in [2.05, 4.69) is 272 Å². The van der Waals surface area contributed by atoms with Crippen LogP contribution in [0.1, 0.15) is 103 Å². The molecule has 1 aliphatic rings. The van der Waals surface area contributed by atoms with Crippen LogP contribution in [0.4, 0.5) is 22.7 Å². The summed E-state index contributed by atoms with van der Waals surface area (Å²) in [5.41, 5.74) is 15.3. The summed E-state index contributed by atoms with van der Waals surface area (Å²) in [5.74, 6) is 2.03. The number of benzene rings is 8. The average Bonchev–Trinajstić information content (AvgIpc) is 3.95. The van der Waals surface area contributed by atoms with Crippen molar-refractivity contribution in [3.8, 4) is 28.4 Å². The van der Waals surface area contributed by atoms with Crippen LogP contribution < -0.4 is 14.5 Å². The van der Waals surface area contributed by atoms with Gasteiger partial charge < -0.3 is 19.1 Å². The van der Waals surface area contributed by atoms with Crippen molar-refractivity contribution >= 4 is 44.6 Å². The van der Waals surface area contributed by atoms with Gasteiger partial charge in [0.2, 0.25) is 0 Å². The molecule has 3 heterocycles. The van der Waals surface area contributed by atoms with Gasteiger partial charge in [-0.3, -0.25) is 0 Å². The van der Waals surface area contributed by atoms with Crippen molar-refractivity contribution in [1.29, 1.82) is 0 Å². The van der Waals surface area contributed by atoms with E-state index in [1.807, 2.05) is 24.4 Å². The number of nitrogens with zero attached hydrogens (tertiary/aromatic N) is 4. The van der Waals surface area contributed by atoms with Crippen LogP contribution in [0.2, 0.25) is 0 Å². The van der Waals surface area contributed by atoms with E-state index < -0.39 is 0 Å². The average molecular weight is 1150 g/mol. The van der Waals surface area contributed by atoms with E-state index in [1.165, 1.54) is 44.5 Å². The van der Waals surface area contributed by atoms with E-state index in [1.54, 1.807) is 0 Å². The SMILES string of the molecule is CC(C)(C)c1ccnc(-n2c3[c-]c(Oc4[c-]c(N5[CH-]N(c6cc(-c7ccccc7)cc(C(C)(C)c7ccccc7)c6)c6cc(C(C)(C)C)ccc65)ccc4)ccc3c3cc(C(C)(C)c4ccccc4)ccc32)c1.[Pt]. The van der Waals surface area contributed by atoms with Gasteiger partial charge in [0.1, 0.15) is 5.82 Å². The Bertz CT molecular complexity index is 3660. The monoisotopic (exact) mass is 1150 g/mol. The standard InChI is InChI=1S/C68H63N4O.Pt/c1-65(2,3)50-29-34-61-63(41-50)71(55-38-47(46-21-14-11-15-22-46)37-53(39-55)68(9,10)49-25-18-13-19-26-49)45-70(61)54-27-20-28-56(43-54)73-57-31-32-58-59-40-52(67(7,8)48-23-16-12-17-24-48)30-33-60(59)72(62(58)44-57)64-42-51(35-36-69-64)66(4,5)6;/h11-42,45H,1-10H3;/q-3;. The Morgan fingerprint density at radius 1 is 0.446 bits per heavy atom. The first-order valence-electron chi connectivity index (χ1n) is 25.5. The Kier molecular flexibility index (Phi) is 13.1. The zero-order chi connectivity index (χ0) is 50.9. The predicted molar refractivity (Wildman–Crippen MR) is 304 cm³/mol. The molecule has 74 heavy (non-hydrogen) atoms. The summed E-state index contributed by atoms with van der Waals surface area (Å²) in [4.78, 5) is 9.56. The quantitative estimate of drug-likeness (QED) is 0.128. The largest absolute Gasteiger partial charge is 0.509 e. The molecule has 2 aromatic heterocycles. The van der Waals surface area contributed by atoms with Crippen molar-refractivity contribution in [3.63, 3.8) is 0 Å². The number of hydrogen-bond donors (Lipinski definition) is 0. The van der Waals surface area contributed by atoms with E-state index >= 15 is 0 Å². The first-order valence-corrected chi connectivity index (χ1v) is 25.5. The second-order valence-electron chi connectivity index (χ2n) is 22.7. The van der Waals surface area contributed by atoms with E-state index in [9.17, 15) is 0 Å². The maximum Gasteiger partial charge on any atom is 0.135 e. The number of pyridine rings is 1. The fourth-order valence-electron chi connectivity index (χ4n) is 10.3. The van der Waals surface area contributed by atoms with Crippen molar-refractivity contribution in [2.24, 2.45) is 0 Å². The van der Waals surface area contributed by atoms with E-state index in [0.717, 1.165) is 50.4 Å². The van der Waals surface area contributed by atoms with Crippen molar-refractivity contribution in [2.45, 2.75) is 90.9 Å². The Labute approximate surface area is 452 Å². The van der Waals surface area contributed by atoms with E-state index in [4.69, 9.17) is 9.72 Å². The summed E-state index contributed by atoms with van der Waals surface area (Å²) in [6.45, 7) is 25.0. The molecule has 0 atom stereocenters. The van der Waals surface area contributed by atoms with Gasteiger partial charge in [-0.15, -0.1) is 48.1 Å². The number of ether oxygens (including phenoxy) is 1. The third-order valence-corrected chi connectivity index (χ3v) is 15.1. The molecule has 8 aromatic carbocycles. The minimum atomic E-state index is -0.265. The number of hydrogen-bond acceptors (Lipinski definition) is 4. The fraction of sp³-hybridized carbons (Fsp3) is 0.206. The molecule has 0 bridgehead atoms. The van der Waals surface area contributed by atoms with Crippen molar-refractivity contribution in [1.82, 2.24) is 9.55 Å². The van der Waals surface area contributed by atoms with Crippen molar-refractivity contribution < 1.29 is 25.8 Å². The zero-order valence-corrected chi connectivity index (χ0v) is 46.3. The van der Waals surface area contributed by atoms with Crippen LogP contribution in [0.15, 0.2) is 194 Å². The van der Waals surface area contributed by atoms with Gasteiger partial charge in [0.25, 0.3) is 0 Å². The molecule has 0 saturated heterocycles. The van der Waals surface area contributed by atoms with Crippen LogP contribution in [0.25, 0.3) is 38.8 Å². The Hall–Kier alpha value is -7.20. The molecule has 10 aromatic rings. The van der Waals surface area contributed by atoms with E-state index in [-0.39, 0.29) is 42.7 Å². The fourth-order valence-corrected chi connectivity index (χ4v) is 10.3. The van der Waals surface area contributed by atoms with Crippen molar-refractivity contribution in [3.05, 3.63) is 246 Å². The first kappa shape index (κ1) is 50.3. The molecular weight excluding hydrogens is 1080 g/mol. The molecule has 11 rings (SSSR count). The molecule has 0 amide bonds. The summed E-state index contributed by atoms with van der Waals surface area (Å²) in [7, 11) is 0. The van der Waals surface area contributed by atoms with E-state index in [0.29, 0.717) is 11.5 Å². The minimum absolute atomic E-state index is 0. The molecule has 1 aliphatic heterocycles. The van der Waals surface area contributed by atoms with Gasteiger partial charge in [-0.2, -0.15) is 12.1 Å². The maximum absolute atomic E-state index is 6.81. The van der Waals surface area contributed by atoms with Gasteiger partial charge in [-0.05, 0) is 103 Å². The maximum atomic E-state index is 6.81. The summed E-state index contributed by atoms with van der Waals surface area (Å²) < 4.78 is 9.05. The van der Waals surface area contributed by atoms with Crippen molar-refractivity contribution in [2.75, 3.05) is 9.80 Å². The Morgan fingerprint density at radius 3 is 1.74 bits per heavy atom. The molecule has 374 valence electrons. The number of fused-ring (bicyclic) bond motifs is 4. The predicted octanol–water partition coefficient (Wildman–Crippen LogP) is 17.9. The van der Waals surface area contributed by atoms with Gasteiger partial charge in [-0.1, -0.05) is 190 Å². The Morgan fingerprint density at radius 2 is 1.07 bits per heavy atom. The number of anilines is 4. The summed E-state index contributed by atoms with van der Waals surface area (Å²) >= 11 is 0. The van der Waals surface area contributed by atoms with Crippen LogP contribution in [0, 0.1) is 18.8 Å². The van der Waals surface area contributed by atoms with Gasteiger partial charge in [-0.25, -0.2) is 4.98 Å². The van der Waals surface area contributed by atoms with Crippen LogP contribution >= 0.6 is 0 Å². The second-order valence-corrected chi connectivity index (χ2v) is 22.7. The molecule has 0 unspecified atom stereocenters. The molecule has 5 nitrogen and oxygen atoms in total. The number of rotatable bonds is 10. The third kappa shape index (κ3) is 9.37. The normalized spacial score (nSPS) is 13.1. The molecule has 6 heteroatoms. The van der Waals surface area contributed by atoms with Crippen LogP contribution in [0.3, 0.4) is 0 Å². The van der Waals surface area contributed by atoms with Crippen LogP contribution in [-0.4, -0.2) is 9.55 Å². The van der Waals surface area contributed by atoms with Gasteiger partial charge >= 0.3 is 0 Å². The smallest absolute Gasteiger partial charge is 0.135 e. The molecule has 0 saturated carbocycles. The topological polar surface area (TPSA) is 33.5 Å². The number of aromatic nitrogens is 2. The molecular formula is C68H63N4OPt-3. The Balaban J connectivity index is 0.00000626. The summed E-state index contributed by atoms with van der Waals surface area (Å²) in [6, 6.07) is 75.1.